The highest BCUT2D eigenvalue weighted by molar-refractivity contribution is 5.95. The van der Waals surface area contributed by atoms with Gasteiger partial charge >= 0.3 is 0 Å². The second-order valence-electron chi connectivity index (χ2n) is 11.0. The first-order valence-corrected chi connectivity index (χ1v) is 14.6. The van der Waals surface area contributed by atoms with Gasteiger partial charge in [-0.25, -0.2) is 0 Å². The number of fused-ring (bicyclic) bond motifs is 1. The second-order valence-corrected chi connectivity index (χ2v) is 11.0. The maximum absolute atomic E-state index is 5.66. The maximum Gasteiger partial charge on any atom is 0.138 e. The molecule has 42 heavy (non-hydrogen) atoms. The van der Waals surface area contributed by atoms with Gasteiger partial charge in [-0.2, -0.15) is 5.10 Å². The summed E-state index contributed by atoms with van der Waals surface area (Å²) in [7, 11) is 1.80. The zero-order chi connectivity index (χ0) is 28.5. The summed E-state index contributed by atoms with van der Waals surface area (Å²) in [6.07, 6.45) is 5.43. The van der Waals surface area contributed by atoms with Crippen molar-refractivity contribution in [3.8, 4) is 11.1 Å². The van der Waals surface area contributed by atoms with Crippen LogP contribution in [0.25, 0.3) is 22.0 Å². The van der Waals surface area contributed by atoms with E-state index in [1.54, 1.807) is 7.11 Å². The first-order valence-electron chi connectivity index (χ1n) is 14.6. The molecule has 0 saturated carbocycles. The van der Waals surface area contributed by atoms with Gasteiger partial charge in [-0.05, 0) is 53.8 Å². The van der Waals surface area contributed by atoms with E-state index in [0.717, 1.165) is 63.9 Å². The van der Waals surface area contributed by atoms with E-state index in [1.807, 2.05) is 6.20 Å². The van der Waals surface area contributed by atoms with Crippen LogP contribution in [0.2, 0.25) is 0 Å². The molecule has 0 bridgehead atoms. The van der Waals surface area contributed by atoms with Crippen LogP contribution in [0.3, 0.4) is 0 Å². The van der Waals surface area contributed by atoms with Gasteiger partial charge in [0.05, 0.1) is 17.3 Å². The van der Waals surface area contributed by atoms with E-state index in [-0.39, 0.29) is 6.10 Å². The lowest BCUT2D eigenvalue weighted by Crippen LogP contribution is -2.38. The predicted molar refractivity (Wildman–Crippen MR) is 170 cm³/mol. The second kappa shape index (κ2) is 10.9. The molecule has 1 aliphatic rings. The number of aryl methyl sites for hydroxylation is 1. The van der Waals surface area contributed by atoms with Crippen molar-refractivity contribution in [2.75, 3.05) is 25.1 Å². The molecule has 0 aliphatic carbocycles. The van der Waals surface area contributed by atoms with Crippen LogP contribution in [0.5, 0.6) is 0 Å². The molecular formula is C37H34N4O. The lowest BCUT2D eigenvalue weighted by molar-refractivity contribution is 0.121. The molecule has 1 saturated heterocycles. The highest BCUT2D eigenvalue weighted by Gasteiger charge is 2.39. The third-order valence-electron chi connectivity index (χ3n) is 8.67. The largest absolute Gasteiger partial charge is 0.380 e. The Kier molecular flexibility index (Phi) is 6.80. The smallest absolute Gasteiger partial charge is 0.138 e. The molecule has 3 heterocycles. The van der Waals surface area contributed by atoms with Crippen molar-refractivity contribution in [2.24, 2.45) is 0 Å². The molecule has 0 radical (unpaired) electrons. The van der Waals surface area contributed by atoms with Crippen molar-refractivity contribution in [3.05, 3.63) is 150 Å². The minimum absolute atomic E-state index is 0.263. The van der Waals surface area contributed by atoms with E-state index >= 15 is 0 Å². The lowest BCUT2D eigenvalue weighted by Gasteiger charge is -2.36. The zero-order valence-corrected chi connectivity index (χ0v) is 24.0. The highest BCUT2D eigenvalue weighted by atomic mass is 16.5. The van der Waals surface area contributed by atoms with E-state index in [9.17, 15) is 0 Å². The zero-order valence-electron chi connectivity index (χ0n) is 24.0. The van der Waals surface area contributed by atoms with Crippen molar-refractivity contribution in [1.29, 1.82) is 0 Å². The molecule has 0 unspecified atom stereocenters. The van der Waals surface area contributed by atoms with Crippen LogP contribution in [0.1, 0.15) is 28.8 Å². The first kappa shape index (κ1) is 26.2. The number of methoxy groups -OCH3 is 1. The van der Waals surface area contributed by atoms with E-state index in [2.05, 4.69) is 138 Å². The molecule has 5 heteroatoms. The van der Waals surface area contributed by atoms with Crippen molar-refractivity contribution in [2.45, 2.75) is 25.0 Å². The number of aromatic nitrogens is 3. The standard InChI is InChI=1S/C37H34N4O/c1-27-34(28-18-19-35-33(24-28)36(20-22-38-35)40-23-21-32(25-40)42-2)26-41(39-27)37(29-12-6-3-7-13-29,30-14-8-4-9-15-30)31-16-10-5-11-17-31/h3-20,22,24,26,32H,21,23,25H2,1-2H3/t32-/m1/s1. The Labute approximate surface area is 247 Å². The van der Waals surface area contributed by atoms with Gasteiger partial charge in [0.15, 0.2) is 0 Å². The third kappa shape index (κ3) is 4.38. The Morgan fingerprint density at radius 1 is 0.786 bits per heavy atom. The third-order valence-corrected chi connectivity index (χ3v) is 8.67. The Bertz CT molecular complexity index is 1720. The molecule has 2 aromatic heterocycles. The molecular weight excluding hydrogens is 516 g/mol. The number of hydrogen-bond donors (Lipinski definition) is 0. The van der Waals surface area contributed by atoms with E-state index < -0.39 is 5.54 Å². The Morgan fingerprint density at radius 3 is 1.98 bits per heavy atom. The number of rotatable bonds is 7. The molecule has 5 nitrogen and oxygen atoms in total. The van der Waals surface area contributed by atoms with Crippen LogP contribution in [-0.2, 0) is 10.3 Å². The number of benzene rings is 4. The van der Waals surface area contributed by atoms with Crippen LogP contribution in [-0.4, -0.2) is 41.1 Å². The van der Waals surface area contributed by atoms with Gasteiger partial charge in [-0.3, -0.25) is 9.67 Å². The fraction of sp³-hybridized carbons (Fsp3) is 0.189. The van der Waals surface area contributed by atoms with E-state index in [0.29, 0.717) is 0 Å². The van der Waals surface area contributed by atoms with Crippen LogP contribution < -0.4 is 4.90 Å². The van der Waals surface area contributed by atoms with Crippen LogP contribution in [0.15, 0.2) is 128 Å². The topological polar surface area (TPSA) is 43.2 Å². The molecule has 4 aromatic carbocycles. The summed E-state index contributed by atoms with van der Waals surface area (Å²) in [6.45, 7) is 3.98. The summed E-state index contributed by atoms with van der Waals surface area (Å²) < 4.78 is 7.82. The summed E-state index contributed by atoms with van der Waals surface area (Å²) in [5.74, 6) is 0. The van der Waals surface area contributed by atoms with Gasteiger partial charge in [0, 0.05) is 49.2 Å². The van der Waals surface area contributed by atoms with Gasteiger partial charge in [-0.15, -0.1) is 0 Å². The number of hydrogen-bond acceptors (Lipinski definition) is 4. The number of anilines is 1. The summed E-state index contributed by atoms with van der Waals surface area (Å²) in [5, 5.41) is 6.42. The van der Waals surface area contributed by atoms with E-state index in [1.165, 1.54) is 5.69 Å². The highest BCUT2D eigenvalue weighted by Crippen LogP contribution is 2.42. The van der Waals surface area contributed by atoms with Gasteiger partial charge in [0.1, 0.15) is 5.54 Å². The van der Waals surface area contributed by atoms with Gasteiger partial charge in [0.25, 0.3) is 0 Å². The monoisotopic (exact) mass is 550 g/mol. The van der Waals surface area contributed by atoms with Crippen molar-refractivity contribution in [3.63, 3.8) is 0 Å². The predicted octanol–water partition coefficient (Wildman–Crippen LogP) is 7.47. The molecule has 7 rings (SSSR count). The Hall–Kier alpha value is -4.74. The summed E-state index contributed by atoms with van der Waals surface area (Å²) in [6, 6.07) is 40.8. The van der Waals surface area contributed by atoms with Crippen LogP contribution in [0.4, 0.5) is 5.69 Å². The molecule has 208 valence electrons. The van der Waals surface area contributed by atoms with Crippen molar-refractivity contribution < 1.29 is 4.74 Å². The van der Waals surface area contributed by atoms with Crippen LogP contribution in [0, 0.1) is 6.92 Å². The Balaban J connectivity index is 1.42. The molecule has 1 aliphatic heterocycles. The molecule has 0 spiro atoms. The molecule has 1 fully saturated rings. The molecule has 6 aromatic rings. The fourth-order valence-electron chi connectivity index (χ4n) is 6.56. The quantitative estimate of drug-likeness (QED) is 0.193. The summed E-state index contributed by atoms with van der Waals surface area (Å²) in [4.78, 5) is 7.11. The van der Waals surface area contributed by atoms with Gasteiger partial charge < -0.3 is 9.64 Å². The molecule has 0 N–H and O–H groups in total. The number of pyridine rings is 1. The van der Waals surface area contributed by atoms with Crippen LogP contribution >= 0.6 is 0 Å². The lowest BCUT2D eigenvalue weighted by atomic mass is 9.77. The molecule has 1 atom stereocenters. The summed E-state index contributed by atoms with van der Waals surface area (Å²) >= 11 is 0. The normalized spacial score (nSPS) is 15.4. The summed E-state index contributed by atoms with van der Waals surface area (Å²) in [5.41, 5.74) is 8.23. The Morgan fingerprint density at radius 2 is 1.40 bits per heavy atom. The van der Waals surface area contributed by atoms with Crippen molar-refractivity contribution in [1.82, 2.24) is 14.8 Å². The molecule has 0 amide bonds. The van der Waals surface area contributed by atoms with Gasteiger partial charge in [0.2, 0.25) is 0 Å². The fourth-order valence-corrected chi connectivity index (χ4v) is 6.56. The minimum atomic E-state index is -0.652. The number of ether oxygens (including phenoxy) is 1. The van der Waals surface area contributed by atoms with E-state index in [4.69, 9.17) is 14.8 Å². The van der Waals surface area contributed by atoms with Gasteiger partial charge in [-0.1, -0.05) is 97.1 Å². The first-order chi connectivity index (χ1) is 20.7. The maximum atomic E-state index is 5.66. The van der Waals surface area contributed by atoms with Crippen molar-refractivity contribution >= 4 is 16.6 Å². The average molecular weight is 551 g/mol. The minimum Gasteiger partial charge on any atom is -0.380 e. The average Bonchev–Trinajstić information content (AvgIpc) is 3.69. The number of nitrogens with zero attached hydrogens (tertiary/aromatic N) is 4. The SMILES string of the molecule is CO[C@@H]1CCN(c2ccnc3ccc(-c4cn(C(c5ccccc5)(c5ccccc5)c5ccccc5)nc4C)cc23)C1.